The highest BCUT2D eigenvalue weighted by molar-refractivity contribution is 5.92. The standard InChI is InChI=1S/C8H7F3N2O2/c9-8(10,11)4-13-3-1-2-5(6(12)14)7(13)15/h1-3H,4H2,(H2,12,14). The van der Waals surface area contributed by atoms with Gasteiger partial charge in [-0.2, -0.15) is 13.2 Å². The molecule has 0 aliphatic heterocycles. The van der Waals surface area contributed by atoms with E-state index in [0.29, 0.717) is 4.57 Å². The third-order valence-electron chi connectivity index (χ3n) is 1.64. The van der Waals surface area contributed by atoms with Crippen molar-refractivity contribution in [1.82, 2.24) is 4.57 Å². The van der Waals surface area contributed by atoms with Crippen molar-refractivity contribution in [1.29, 1.82) is 0 Å². The molecule has 1 aromatic heterocycles. The Morgan fingerprint density at radius 3 is 2.53 bits per heavy atom. The Bertz CT molecular complexity index is 436. The minimum Gasteiger partial charge on any atom is -0.365 e. The first-order valence-electron chi connectivity index (χ1n) is 3.87. The molecule has 0 saturated carbocycles. The summed E-state index contributed by atoms with van der Waals surface area (Å²) in [4.78, 5) is 21.9. The van der Waals surface area contributed by atoms with Crippen LogP contribution in [0.4, 0.5) is 13.2 Å². The molecule has 0 bridgehead atoms. The highest BCUT2D eigenvalue weighted by atomic mass is 19.4. The molecule has 0 unspecified atom stereocenters. The van der Waals surface area contributed by atoms with Crippen LogP contribution in [0, 0.1) is 0 Å². The molecule has 15 heavy (non-hydrogen) atoms. The molecular weight excluding hydrogens is 213 g/mol. The molecule has 1 amide bonds. The third kappa shape index (κ3) is 2.83. The van der Waals surface area contributed by atoms with Crippen molar-refractivity contribution in [2.45, 2.75) is 12.7 Å². The lowest BCUT2D eigenvalue weighted by Gasteiger charge is -2.09. The fourth-order valence-electron chi connectivity index (χ4n) is 1.04. The zero-order chi connectivity index (χ0) is 11.6. The molecule has 4 nitrogen and oxygen atoms in total. The molecule has 0 radical (unpaired) electrons. The van der Waals surface area contributed by atoms with E-state index < -0.39 is 29.8 Å². The second kappa shape index (κ2) is 3.76. The molecule has 82 valence electrons. The van der Waals surface area contributed by atoms with Gasteiger partial charge in [0.2, 0.25) is 0 Å². The maximum absolute atomic E-state index is 12.0. The van der Waals surface area contributed by atoms with E-state index in [1.807, 2.05) is 0 Å². The molecular formula is C8H7F3N2O2. The summed E-state index contributed by atoms with van der Waals surface area (Å²) in [5.74, 6) is -1.04. The van der Waals surface area contributed by atoms with Crippen LogP contribution in [0.3, 0.4) is 0 Å². The van der Waals surface area contributed by atoms with E-state index in [1.54, 1.807) is 0 Å². The predicted molar refractivity (Wildman–Crippen MR) is 45.3 cm³/mol. The lowest BCUT2D eigenvalue weighted by molar-refractivity contribution is -0.141. The molecule has 0 aromatic carbocycles. The van der Waals surface area contributed by atoms with Gasteiger partial charge in [0.15, 0.2) is 0 Å². The van der Waals surface area contributed by atoms with Crippen molar-refractivity contribution in [3.05, 3.63) is 34.2 Å². The van der Waals surface area contributed by atoms with Gasteiger partial charge in [0.25, 0.3) is 11.5 Å². The van der Waals surface area contributed by atoms with Crippen molar-refractivity contribution in [3.8, 4) is 0 Å². The van der Waals surface area contributed by atoms with Crippen molar-refractivity contribution >= 4 is 5.91 Å². The fourth-order valence-corrected chi connectivity index (χ4v) is 1.04. The van der Waals surface area contributed by atoms with Crippen LogP contribution in [-0.4, -0.2) is 16.7 Å². The number of alkyl halides is 3. The van der Waals surface area contributed by atoms with Gasteiger partial charge in [-0.1, -0.05) is 0 Å². The minimum atomic E-state index is -4.51. The number of hydrogen-bond donors (Lipinski definition) is 1. The van der Waals surface area contributed by atoms with Gasteiger partial charge < -0.3 is 10.3 Å². The van der Waals surface area contributed by atoms with Gasteiger partial charge in [-0.05, 0) is 12.1 Å². The Hall–Kier alpha value is -1.79. The van der Waals surface area contributed by atoms with E-state index in [4.69, 9.17) is 5.73 Å². The maximum atomic E-state index is 12.0. The summed E-state index contributed by atoms with van der Waals surface area (Å²) >= 11 is 0. The summed E-state index contributed by atoms with van der Waals surface area (Å²) in [6.07, 6.45) is -3.57. The Labute approximate surface area is 82.1 Å². The molecule has 1 heterocycles. The summed E-state index contributed by atoms with van der Waals surface area (Å²) in [5.41, 5.74) is 3.32. The molecule has 1 rings (SSSR count). The van der Waals surface area contributed by atoms with E-state index in [-0.39, 0.29) is 0 Å². The number of primary amides is 1. The summed E-state index contributed by atoms with van der Waals surface area (Å²) in [6, 6.07) is 2.24. The first kappa shape index (κ1) is 11.3. The van der Waals surface area contributed by atoms with E-state index in [1.165, 1.54) is 0 Å². The third-order valence-corrected chi connectivity index (χ3v) is 1.64. The van der Waals surface area contributed by atoms with Gasteiger partial charge in [0.05, 0.1) is 0 Å². The predicted octanol–water partition coefficient (Wildman–Crippen LogP) is 0.510. The van der Waals surface area contributed by atoms with Gasteiger partial charge >= 0.3 is 6.18 Å². The molecule has 1 aromatic rings. The van der Waals surface area contributed by atoms with Crippen LogP contribution in [0.25, 0.3) is 0 Å². The topological polar surface area (TPSA) is 65.1 Å². The van der Waals surface area contributed by atoms with Crippen LogP contribution in [0.2, 0.25) is 0 Å². The van der Waals surface area contributed by atoms with Crippen molar-refractivity contribution in [2.75, 3.05) is 0 Å². The van der Waals surface area contributed by atoms with Crippen LogP contribution in [0.5, 0.6) is 0 Å². The SMILES string of the molecule is NC(=O)c1cccn(CC(F)(F)F)c1=O. The van der Waals surface area contributed by atoms with Crippen LogP contribution in [0.15, 0.2) is 23.1 Å². The van der Waals surface area contributed by atoms with Gasteiger partial charge in [-0.25, -0.2) is 0 Å². The number of aromatic nitrogens is 1. The highest BCUT2D eigenvalue weighted by Crippen LogP contribution is 2.16. The molecule has 0 fully saturated rings. The number of amides is 1. The summed E-state index contributed by atoms with van der Waals surface area (Å²) < 4.78 is 36.3. The monoisotopic (exact) mass is 220 g/mol. The fraction of sp³-hybridized carbons (Fsp3) is 0.250. The van der Waals surface area contributed by atoms with E-state index in [2.05, 4.69) is 0 Å². The Balaban J connectivity index is 3.17. The molecule has 2 N–H and O–H groups in total. The molecule has 0 atom stereocenters. The second-order valence-corrected chi connectivity index (χ2v) is 2.83. The Kier molecular flexibility index (Phi) is 2.83. The van der Waals surface area contributed by atoms with E-state index in [0.717, 1.165) is 18.3 Å². The summed E-state index contributed by atoms with van der Waals surface area (Å²) in [7, 11) is 0. The number of nitrogens with zero attached hydrogens (tertiary/aromatic N) is 1. The van der Waals surface area contributed by atoms with Crippen LogP contribution in [0.1, 0.15) is 10.4 Å². The molecule has 0 aliphatic carbocycles. The van der Waals surface area contributed by atoms with Gasteiger partial charge in [-0.15, -0.1) is 0 Å². The zero-order valence-electron chi connectivity index (χ0n) is 7.41. The van der Waals surface area contributed by atoms with Crippen LogP contribution >= 0.6 is 0 Å². The van der Waals surface area contributed by atoms with Crippen LogP contribution in [-0.2, 0) is 6.54 Å². The lowest BCUT2D eigenvalue weighted by atomic mass is 10.2. The Morgan fingerprint density at radius 1 is 1.47 bits per heavy atom. The quantitative estimate of drug-likeness (QED) is 0.789. The summed E-state index contributed by atoms with van der Waals surface area (Å²) in [5, 5.41) is 0. The maximum Gasteiger partial charge on any atom is 0.406 e. The number of carbonyl (C=O) groups is 1. The number of pyridine rings is 1. The minimum absolute atomic E-state index is 0.389. The molecule has 0 saturated heterocycles. The number of halogens is 3. The van der Waals surface area contributed by atoms with E-state index in [9.17, 15) is 22.8 Å². The van der Waals surface area contributed by atoms with Crippen molar-refractivity contribution in [2.24, 2.45) is 5.73 Å². The zero-order valence-corrected chi connectivity index (χ0v) is 7.41. The first-order chi connectivity index (χ1) is 6.81. The van der Waals surface area contributed by atoms with Gasteiger partial charge in [-0.3, -0.25) is 9.59 Å². The lowest BCUT2D eigenvalue weighted by Crippen LogP contribution is -2.32. The van der Waals surface area contributed by atoms with E-state index >= 15 is 0 Å². The molecule has 7 heteroatoms. The van der Waals surface area contributed by atoms with Crippen LogP contribution < -0.4 is 11.3 Å². The van der Waals surface area contributed by atoms with Crippen molar-refractivity contribution < 1.29 is 18.0 Å². The molecule has 0 spiro atoms. The van der Waals surface area contributed by atoms with Crippen molar-refractivity contribution in [3.63, 3.8) is 0 Å². The largest absolute Gasteiger partial charge is 0.406 e. The average Bonchev–Trinajstić information content (AvgIpc) is 2.05. The number of hydrogen-bond acceptors (Lipinski definition) is 2. The number of carbonyl (C=O) groups excluding carboxylic acids is 1. The number of nitrogens with two attached hydrogens (primary N) is 1. The normalized spacial score (nSPS) is 11.4. The summed E-state index contributed by atoms with van der Waals surface area (Å²) in [6.45, 7) is -1.44. The average molecular weight is 220 g/mol. The Morgan fingerprint density at radius 2 is 2.07 bits per heavy atom. The highest BCUT2D eigenvalue weighted by Gasteiger charge is 2.28. The smallest absolute Gasteiger partial charge is 0.365 e. The number of rotatable bonds is 2. The van der Waals surface area contributed by atoms with Gasteiger partial charge in [0.1, 0.15) is 12.1 Å². The second-order valence-electron chi connectivity index (χ2n) is 2.83. The molecule has 0 aliphatic rings. The van der Waals surface area contributed by atoms with Gasteiger partial charge in [0, 0.05) is 6.20 Å². The first-order valence-corrected chi connectivity index (χ1v) is 3.87.